The highest BCUT2D eigenvalue weighted by molar-refractivity contribution is 6.05. The second-order valence-corrected chi connectivity index (χ2v) is 11.4. The molecule has 1 heterocycles. The zero-order valence-corrected chi connectivity index (χ0v) is 24.1. The first-order valence-corrected chi connectivity index (χ1v) is 14.4. The van der Waals surface area contributed by atoms with Crippen LogP contribution in [0.5, 0.6) is 5.75 Å². The molecule has 0 amide bonds. The molecule has 0 spiro atoms. The van der Waals surface area contributed by atoms with Gasteiger partial charge in [0, 0.05) is 21.8 Å². The van der Waals surface area contributed by atoms with Crippen molar-refractivity contribution in [3.05, 3.63) is 151 Å². The van der Waals surface area contributed by atoms with Crippen LogP contribution >= 0.6 is 0 Å². The molecule has 0 atom stereocenters. The lowest BCUT2D eigenvalue weighted by Crippen LogP contribution is -2.20. The number of ether oxygens (including phenoxy) is 1. The minimum Gasteiger partial charge on any atom is -0.496 e. The molecule has 0 fully saturated rings. The third-order valence-corrected chi connectivity index (χ3v) is 8.46. The van der Waals surface area contributed by atoms with Crippen molar-refractivity contribution in [3.63, 3.8) is 0 Å². The average molecular weight is 545 g/mol. The Morgan fingerprint density at radius 1 is 0.476 bits per heavy atom. The molecule has 0 unspecified atom stereocenters. The number of benzene rings is 6. The van der Waals surface area contributed by atoms with Gasteiger partial charge in [0.25, 0.3) is 0 Å². The largest absolute Gasteiger partial charge is 0.496 e. The number of furan rings is 1. The Kier molecular flexibility index (Phi) is 6.40. The van der Waals surface area contributed by atoms with Gasteiger partial charge in [0.15, 0.2) is 0 Å². The predicted molar refractivity (Wildman–Crippen MR) is 175 cm³/mol. The predicted octanol–water partition coefficient (Wildman–Crippen LogP) is 10.9. The summed E-state index contributed by atoms with van der Waals surface area (Å²) < 4.78 is 12.3. The van der Waals surface area contributed by atoms with Crippen molar-refractivity contribution in [1.82, 2.24) is 0 Å². The van der Waals surface area contributed by atoms with E-state index in [1.807, 2.05) is 12.1 Å². The summed E-state index contributed by atoms with van der Waals surface area (Å²) in [6, 6.07) is 49.4. The van der Waals surface area contributed by atoms with Crippen LogP contribution in [0.3, 0.4) is 0 Å². The van der Waals surface area contributed by atoms with E-state index in [-0.39, 0.29) is 5.41 Å². The number of hydrogen-bond acceptors (Lipinski definition) is 2. The van der Waals surface area contributed by atoms with Gasteiger partial charge in [-0.15, -0.1) is 0 Å². The normalized spacial score (nSPS) is 11.7. The van der Waals surface area contributed by atoms with Crippen molar-refractivity contribution in [1.29, 1.82) is 0 Å². The van der Waals surface area contributed by atoms with E-state index in [1.54, 1.807) is 7.11 Å². The van der Waals surface area contributed by atoms with Crippen LogP contribution in [0.4, 0.5) is 0 Å². The number of methoxy groups -OCH3 is 1. The Labute approximate surface area is 246 Å². The van der Waals surface area contributed by atoms with Crippen LogP contribution in [0.1, 0.15) is 25.0 Å². The van der Waals surface area contributed by atoms with Crippen LogP contribution < -0.4 is 4.74 Å². The Morgan fingerprint density at radius 3 is 1.69 bits per heavy atom. The fourth-order valence-corrected chi connectivity index (χ4v) is 6.05. The Balaban J connectivity index is 1.32. The fraction of sp³-hybridized carbons (Fsp3) is 0.100. The highest BCUT2D eigenvalue weighted by Gasteiger charge is 2.28. The summed E-state index contributed by atoms with van der Waals surface area (Å²) in [5.41, 5.74) is 10.9. The molecule has 204 valence electrons. The van der Waals surface area contributed by atoms with E-state index in [4.69, 9.17) is 9.15 Å². The first kappa shape index (κ1) is 25.9. The van der Waals surface area contributed by atoms with Gasteiger partial charge in [-0.05, 0) is 75.3 Å². The summed E-state index contributed by atoms with van der Waals surface area (Å²) in [7, 11) is 1.76. The van der Waals surface area contributed by atoms with Crippen molar-refractivity contribution < 1.29 is 9.15 Å². The van der Waals surface area contributed by atoms with Crippen molar-refractivity contribution in [3.8, 4) is 39.1 Å². The van der Waals surface area contributed by atoms with E-state index < -0.39 is 0 Å². The standard InChI is InChI=1S/C40H32O2/c1-40(2,33-19-20-35-34-16-10-11-17-37(34)42-38(35)26-33)36-21-18-29(25-39(36)41-3)32-23-30(27-12-6-4-7-13-27)22-31(24-32)28-14-8-5-9-15-28/h4-26H,1-3H3. The second kappa shape index (κ2) is 10.4. The maximum atomic E-state index is 6.22. The van der Waals surface area contributed by atoms with E-state index in [0.29, 0.717) is 0 Å². The first-order valence-electron chi connectivity index (χ1n) is 14.4. The molecule has 0 aliphatic rings. The van der Waals surface area contributed by atoms with Gasteiger partial charge >= 0.3 is 0 Å². The topological polar surface area (TPSA) is 22.4 Å². The van der Waals surface area contributed by atoms with E-state index in [0.717, 1.165) is 44.4 Å². The maximum absolute atomic E-state index is 6.22. The second-order valence-electron chi connectivity index (χ2n) is 11.4. The lowest BCUT2D eigenvalue weighted by molar-refractivity contribution is 0.401. The third kappa shape index (κ3) is 4.55. The number of hydrogen-bond donors (Lipinski definition) is 0. The van der Waals surface area contributed by atoms with E-state index in [2.05, 4.69) is 141 Å². The summed E-state index contributed by atoms with van der Waals surface area (Å²) in [4.78, 5) is 0. The molecule has 42 heavy (non-hydrogen) atoms. The molecule has 0 aliphatic heterocycles. The quantitative estimate of drug-likeness (QED) is 0.208. The molecule has 0 saturated carbocycles. The Hall–Kier alpha value is -5.08. The molecule has 2 nitrogen and oxygen atoms in total. The molecular formula is C40H32O2. The van der Waals surface area contributed by atoms with Gasteiger partial charge in [-0.3, -0.25) is 0 Å². The Morgan fingerprint density at radius 2 is 1.05 bits per heavy atom. The monoisotopic (exact) mass is 544 g/mol. The minimum absolute atomic E-state index is 0.307. The molecule has 0 N–H and O–H groups in total. The number of rotatable bonds is 6. The van der Waals surface area contributed by atoms with Crippen LogP contribution in [0.25, 0.3) is 55.3 Å². The van der Waals surface area contributed by atoms with Gasteiger partial charge < -0.3 is 9.15 Å². The van der Waals surface area contributed by atoms with Crippen LogP contribution in [-0.4, -0.2) is 7.11 Å². The van der Waals surface area contributed by atoms with Gasteiger partial charge in [-0.25, -0.2) is 0 Å². The van der Waals surface area contributed by atoms with Crippen LogP contribution in [-0.2, 0) is 5.41 Å². The van der Waals surface area contributed by atoms with E-state index in [1.165, 1.54) is 27.8 Å². The molecule has 0 radical (unpaired) electrons. The van der Waals surface area contributed by atoms with Gasteiger partial charge in [-0.1, -0.05) is 117 Å². The molecule has 0 aliphatic carbocycles. The fourth-order valence-electron chi connectivity index (χ4n) is 6.05. The summed E-state index contributed by atoms with van der Waals surface area (Å²) >= 11 is 0. The average Bonchev–Trinajstić information content (AvgIpc) is 3.43. The summed E-state index contributed by atoms with van der Waals surface area (Å²) in [5, 5.41) is 2.28. The molecule has 0 saturated heterocycles. The van der Waals surface area contributed by atoms with Gasteiger partial charge in [0.2, 0.25) is 0 Å². The molecule has 7 aromatic rings. The molecule has 2 heteroatoms. The van der Waals surface area contributed by atoms with E-state index in [9.17, 15) is 0 Å². The van der Waals surface area contributed by atoms with Crippen LogP contribution in [0.2, 0.25) is 0 Å². The number of para-hydroxylation sites is 1. The van der Waals surface area contributed by atoms with E-state index >= 15 is 0 Å². The molecule has 6 aromatic carbocycles. The smallest absolute Gasteiger partial charge is 0.135 e. The highest BCUT2D eigenvalue weighted by atomic mass is 16.5. The molecule has 0 bridgehead atoms. The van der Waals surface area contributed by atoms with Gasteiger partial charge in [-0.2, -0.15) is 0 Å². The van der Waals surface area contributed by atoms with Crippen molar-refractivity contribution in [2.45, 2.75) is 19.3 Å². The highest BCUT2D eigenvalue weighted by Crippen LogP contribution is 2.42. The number of fused-ring (bicyclic) bond motifs is 3. The van der Waals surface area contributed by atoms with Crippen molar-refractivity contribution >= 4 is 21.9 Å². The third-order valence-electron chi connectivity index (χ3n) is 8.46. The van der Waals surface area contributed by atoms with Gasteiger partial charge in [0.05, 0.1) is 7.11 Å². The lowest BCUT2D eigenvalue weighted by Gasteiger charge is -2.28. The van der Waals surface area contributed by atoms with Crippen molar-refractivity contribution in [2.24, 2.45) is 0 Å². The molecule has 1 aromatic heterocycles. The molecule has 7 rings (SSSR count). The van der Waals surface area contributed by atoms with Crippen LogP contribution in [0.15, 0.2) is 144 Å². The first-order chi connectivity index (χ1) is 20.5. The zero-order valence-electron chi connectivity index (χ0n) is 24.1. The Bertz CT molecular complexity index is 1970. The molecular weight excluding hydrogens is 512 g/mol. The maximum Gasteiger partial charge on any atom is 0.135 e. The summed E-state index contributed by atoms with van der Waals surface area (Å²) in [6.07, 6.45) is 0. The van der Waals surface area contributed by atoms with Crippen LogP contribution in [0, 0.1) is 0 Å². The van der Waals surface area contributed by atoms with Crippen molar-refractivity contribution in [2.75, 3.05) is 7.11 Å². The summed E-state index contributed by atoms with van der Waals surface area (Å²) in [6.45, 7) is 4.50. The zero-order chi connectivity index (χ0) is 28.7. The minimum atomic E-state index is -0.307. The SMILES string of the molecule is COc1cc(-c2cc(-c3ccccc3)cc(-c3ccccc3)c2)ccc1C(C)(C)c1ccc2c(c1)oc1ccccc12. The van der Waals surface area contributed by atoms with Gasteiger partial charge in [0.1, 0.15) is 16.9 Å². The lowest BCUT2D eigenvalue weighted by atomic mass is 9.77. The summed E-state index contributed by atoms with van der Waals surface area (Å²) in [5.74, 6) is 0.869.